The lowest BCUT2D eigenvalue weighted by atomic mass is 9.81. The summed E-state index contributed by atoms with van der Waals surface area (Å²) in [5.74, 6) is -0.942. The van der Waals surface area contributed by atoms with Crippen LogP contribution in [-0.4, -0.2) is 16.0 Å². The maximum Gasteiger partial charge on any atom is 0.309 e. The highest BCUT2D eigenvalue weighted by atomic mass is 79.9. The minimum Gasteiger partial charge on any atom is -0.481 e. The van der Waals surface area contributed by atoms with E-state index in [1.54, 1.807) is 26.0 Å². The molecule has 1 aromatic carbocycles. The molecule has 1 N–H and O–H groups in total. The molecule has 0 radical (unpaired) electrons. The topological polar surface area (TPSA) is 80.4 Å². The molecule has 0 fully saturated rings. The fraction of sp³-hybridized carbons (Fsp3) is 0.417. The standard InChI is InChI=1S/C12H14BrNO4/c1-3-12(2,11(15)16)7-8-4-5-9(13)6-10(8)14(17)18/h4-6H,3,7H2,1-2H3,(H,15,16). The zero-order valence-electron chi connectivity index (χ0n) is 10.1. The van der Waals surface area contributed by atoms with E-state index < -0.39 is 16.3 Å². The number of nitro benzene ring substituents is 1. The molecule has 5 nitrogen and oxygen atoms in total. The van der Waals surface area contributed by atoms with Crippen molar-refractivity contribution in [3.8, 4) is 0 Å². The number of carboxylic acid groups (broad SMARTS) is 1. The maximum absolute atomic E-state index is 11.2. The Morgan fingerprint density at radius 3 is 2.61 bits per heavy atom. The molecule has 18 heavy (non-hydrogen) atoms. The van der Waals surface area contributed by atoms with Crippen LogP contribution in [0.1, 0.15) is 25.8 Å². The molecule has 1 rings (SSSR count). The van der Waals surface area contributed by atoms with E-state index >= 15 is 0 Å². The third-order valence-corrected chi connectivity index (χ3v) is 3.61. The van der Waals surface area contributed by atoms with Gasteiger partial charge in [0.15, 0.2) is 0 Å². The number of carbonyl (C=O) groups is 1. The molecule has 0 heterocycles. The molecular weight excluding hydrogens is 302 g/mol. The van der Waals surface area contributed by atoms with Crippen LogP contribution >= 0.6 is 15.9 Å². The molecule has 0 spiro atoms. The van der Waals surface area contributed by atoms with Crippen molar-refractivity contribution in [2.75, 3.05) is 0 Å². The van der Waals surface area contributed by atoms with Crippen molar-refractivity contribution in [1.29, 1.82) is 0 Å². The van der Waals surface area contributed by atoms with Gasteiger partial charge in [-0.3, -0.25) is 14.9 Å². The summed E-state index contributed by atoms with van der Waals surface area (Å²) in [5.41, 5.74) is -0.598. The Hall–Kier alpha value is -1.43. The fourth-order valence-electron chi connectivity index (χ4n) is 1.63. The van der Waals surface area contributed by atoms with Crippen LogP contribution in [0.5, 0.6) is 0 Å². The Bertz CT molecular complexity index is 489. The van der Waals surface area contributed by atoms with Crippen LogP contribution in [0.25, 0.3) is 0 Å². The molecule has 0 aliphatic carbocycles. The van der Waals surface area contributed by atoms with E-state index in [1.165, 1.54) is 6.07 Å². The summed E-state index contributed by atoms with van der Waals surface area (Å²) < 4.78 is 0.603. The summed E-state index contributed by atoms with van der Waals surface area (Å²) in [7, 11) is 0. The van der Waals surface area contributed by atoms with E-state index in [1.807, 2.05) is 0 Å². The molecule has 0 aliphatic heterocycles. The summed E-state index contributed by atoms with van der Waals surface area (Å²) in [4.78, 5) is 21.7. The predicted octanol–water partition coefficient (Wildman–Crippen LogP) is 3.40. The Balaban J connectivity index is 3.18. The predicted molar refractivity (Wildman–Crippen MR) is 70.5 cm³/mol. The lowest BCUT2D eigenvalue weighted by Gasteiger charge is -2.22. The molecule has 1 unspecified atom stereocenters. The molecule has 0 saturated carbocycles. The minimum absolute atomic E-state index is 0.0506. The molecule has 0 aromatic heterocycles. The van der Waals surface area contributed by atoms with Gasteiger partial charge in [0.25, 0.3) is 5.69 Å². The quantitative estimate of drug-likeness (QED) is 0.667. The second kappa shape index (κ2) is 5.48. The van der Waals surface area contributed by atoms with Gasteiger partial charge >= 0.3 is 5.97 Å². The van der Waals surface area contributed by atoms with Gasteiger partial charge < -0.3 is 5.11 Å². The van der Waals surface area contributed by atoms with E-state index in [-0.39, 0.29) is 12.1 Å². The Kier molecular flexibility index (Phi) is 4.45. The van der Waals surface area contributed by atoms with Crippen molar-refractivity contribution in [3.63, 3.8) is 0 Å². The average molecular weight is 316 g/mol. The monoisotopic (exact) mass is 315 g/mol. The average Bonchev–Trinajstić information content (AvgIpc) is 2.30. The van der Waals surface area contributed by atoms with Gasteiger partial charge in [-0.2, -0.15) is 0 Å². The first-order chi connectivity index (χ1) is 8.30. The number of nitrogens with zero attached hydrogens (tertiary/aromatic N) is 1. The van der Waals surface area contributed by atoms with Crippen molar-refractivity contribution in [2.24, 2.45) is 5.41 Å². The third-order valence-electron chi connectivity index (χ3n) is 3.12. The van der Waals surface area contributed by atoms with Crippen molar-refractivity contribution < 1.29 is 14.8 Å². The SMILES string of the molecule is CCC(C)(Cc1ccc(Br)cc1[N+](=O)[O-])C(=O)O. The Morgan fingerprint density at radius 1 is 1.56 bits per heavy atom. The molecule has 6 heteroatoms. The second-order valence-corrected chi connectivity index (χ2v) is 5.34. The smallest absolute Gasteiger partial charge is 0.309 e. The van der Waals surface area contributed by atoms with Crippen LogP contribution in [0.2, 0.25) is 0 Å². The first-order valence-corrected chi connectivity index (χ1v) is 6.25. The number of hydrogen-bond acceptors (Lipinski definition) is 3. The van der Waals surface area contributed by atoms with Crippen molar-refractivity contribution >= 4 is 27.6 Å². The van der Waals surface area contributed by atoms with Crippen LogP contribution < -0.4 is 0 Å². The number of aliphatic carboxylic acids is 1. The normalized spacial score (nSPS) is 13.9. The first kappa shape index (κ1) is 14.6. The molecule has 1 atom stereocenters. The first-order valence-electron chi connectivity index (χ1n) is 5.46. The molecule has 0 amide bonds. The number of halogens is 1. The highest BCUT2D eigenvalue weighted by Crippen LogP contribution is 2.32. The van der Waals surface area contributed by atoms with E-state index in [2.05, 4.69) is 15.9 Å². The maximum atomic E-state index is 11.2. The molecule has 1 aromatic rings. The van der Waals surface area contributed by atoms with E-state index in [9.17, 15) is 20.0 Å². The largest absolute Gasteiger partial charge is 0.481 e. The number of nitro groups is 1. The molecular formula is C12H14BrNO4. The van der Waals surface area contributed by atoms with Crippen molar-refractivity contribution in [3.05, 3.63) is 38.3 Å². The Labute approximate surface area is 113 Å². The molecule has 0 saturated heterocycles. The zero-order chi connectivity index (χ0) is 13.9. The van der Waals surface area contributed by atoms with Gasteiger partial charge in [0.1, 0.15) is 0 Å². The van der Waals surface area contributed by atoms with Crippen LogP contribution in [0.4, 0.5) is 5.69 Å². The van der Waals surface area contributed by atoms with Gasteiger partial charge in [0.05, 0.1) is 10.3 Å². The minimum atomic E-state index is -0.988. The van der Waals surface area contributed by atoms with Gasteiger partial charge in [-0.15, -0.1) is 0 Å². The van der Waals surface area contributed by atoms with Crippen LogP contribution in [-0.2, 0) is 11.2 Å². The lowest BCUT2D eigenvalue weighted by Crippen LogP contribution is -2.29. The zero-order valence-corrected chi connectivity index (χ0v) is 11.7. The third kappa shape index (κ3) is 3.07. The summed E-state index contributed by atoms with van der Waals surface area (Å²) in [6.45, 7) is 3.36. The van der Waals surface area contributed by atoms with Crippen molar-refractivity contribution in [1.82, 2.24) is 0 Å². The second-order valence-electron chi connectivity index (χ2n) is 4.43. The van der Waals surface area contributed by atoms with Crippen LogP contribution in [0, 0.1) is 15.5 Å². The summed E-state index contributed by atoms with van der Waals surface area (Å²) in [5, 5.41) is 20.2. The highest BCUT2D eigenvalue weighted by Gasteiger charge is 2.33. The molecule has 0 bridgehead atoms. The van der Waals surface area contributed by atoms with Gasteiger partial charge in [0, 0.05) is 16.1 Å². The number of carboxylic acids is 1. The Morgan fingerprint density at radius 2 is 2.17 bits per heavy atom. The van der Waals surface area contributed by atoms with Gasteiger partial charge in [-0.25, -0.2) is 0 Å². The van der Waals surface area contributed by atoms with Gasteiger partial charge in [0.2, 0.25) is 0 Å². The van der Waals surface area contributed by atoms with Crippen LogP contribution in [0.15, 0.2) is 22.7 Å². The van der Waals surface area contributed by atoms with Gasteiger partial charge in [-0.05, 0) is 25.8 Å². The lowest BCUT2D eigenvalue weighted by molar-refractivity contribution is -0.385. The summed E-state index contributed by atoms with van der Waals surface area (Å²) in [6.07, 6.45) is 0.554. The number of benzene rings is 1. The van der Waals surface area contributed by atoms with E-state index in [0.29, 0.717) is 16.5 Å². The van der Waals surface area contributed by atoms with Crippen molar-refractivity contribution in [2.45, 2.75) is 26.7 Å². The number of rotatable bonds is 5. The number of hydrogen-bond donors (Lipinski definition) is 1. The molecule has 98 valence electrons. The highest BCUT2D eigenvalue weighted by molar-refractivity contribution is 9.10. The molecule has 0 aliphatic rings. The fourth-order valence-corrected chi connectivity index (χ4v) is 1.98. The summed E-state index contributed by atoms with van der Waals surface area (Å²) in [6, 6.07) is 4.67. The van der Waals surface area contributed by atoms with Gasteiger partial charge in [-0.1, -0.05) is 28.9 Å². The van der Waals surface area contributed by atoms with E-state index in [4.69, 9.17) is 0 Å². The summed E-state index contributed by atoms with van der Waals surface area (Å²) >= 11 is 3.17. The van der Waals surface area contributed by atoms with E-state index in [0.717, 1.165) is 0 Å². The van der Waals surface area contributed by atoms with Crippen LogP contribution in [0.3, 0.4) is 0 Å².